The first-order chi connectivity index (χ1) is 15.9. The molecule has 1 N–H and O–H groups in total. The summed E-state index contributed by atoms with van der Waals surface area (Å²) >= 11 is 6.05. The number of aromatic nitrogens is 3. The highest BCUT2D eigenvalue weighted by molar-refractivity contribution is 6.30. The third-order valence-corrected chi connectivity index (χ3v) is 5.54. The van der Waals surface area contributed by atoms with Crippen LogP contribution in [0.1, 0.15) is 10.4 Å². The number of nitro groups is 1. The molecule has 33 heavy (non-hydrogen) atoms. The first kappa shape index (κ1) is 22.2. The number of benzene rings is 2. The van der Waals surface area contributed by atoms with Crippen LogP contribution in [0.2, 0.25) is 5.02 Å². The van der Waals surface area contributed by atoms with Gasteiger partial charge in [-0.15, -0.1) is 0 Å². The van der Waals surface area contributed by atoms with Gasteiger partial charge >= 0.3 is 0 Å². The molecule has 0 aliphatic carbocycles. The Balaban J connectivity index is 1.34. The summed E-state index contributed by atoms with van der Waals surface area (Å²) in [7, 11) is 0. The number of anilines is 1. The molecule has 2 aromatic carbocycles. The Hall–Kier alpha value is -3.99. The number of hydrogen-bond donors (Lipinski definition) is 1. The van der Waals surface area contributed by atoms with Gasteiger partial charge in [-0.2, -0.15) is 5.10 Å². The number of nitrogens with one attached hydrogen (secondary N) is 1. The van der Waals surface area contributed by atoms with E-state index in [0.29, 0.717) is 31.2 Å². The maximum atomic E-state index is 12.6. The Labute approximate surface area is 193 Å². The molecule has 1 saturated heterocycles. The van der Waals surface area contributed by atoms with Crippen LogP contribution in [0.4, 0.5) is 11.4 Å². The van der Waals surface area contributed by atoms with Gasteiger partial charge in [0.05, 0.1) is 11.5 Å². The number of nitro benzene ring substituents is 1. The Kier molecular flexibility index (Phi) is 6.50. The molecule has 1 fully saturated rings. The van der Waals surface area contributed by atoms with Gasteiger partial charge in [0.1, 0.15) is 18.3 Å². The first-order valence-corrected chi connectivity index (χ1v) is 10.5. The summed E-state index contributed by atoms with van der Waals surface area (Å²) < 4.78 is 1.24. The Morgan fingerprint density at radius 2 is 1.91 bits per heavy atom. The van der Waals surface area contributed by atoms with Crippen LogP contribution in [0.15, 0.2) is 55.1 Å². The molecule has 0 spiro atoms. The van der Waals surface area contributed by atoms with Crippen LogP contribution in [0.25, 0.3) is 5.69 Å². The van der Waals surface area contributed by atoms with Crippen LogP contribution in [-0.2, 0) is 4.79 Å². The van der Waals surface area contributed by atoms with Crippen molar-refractivity contribution in [1.29, 1.82) is 0 Å². The molecule has 0 saturated carbocycles. The summed E-state index contributed by atoms with van der Waals surface area (Å²) in [5.74, 6) is -0.794. The lowest BCUT2D eigenvalue weighted by atomic mass is 10.1. The van der Waals surface area contributed by atoms with Gasteiger partial charge in [-0.05, 0) is 30.3 Å². The molecule has 1 aromatic heterocycles. The van der Waals surface area contributed by atoms with E-state index in [0.717, 1.165) is 11.8 Å². The van der Waals surface area contributed by atoms with Gasteiger partial charge < -0.3 is 15.1 Å². The van der Waals surface area contributed by atoms with Crippen molar-refractivity contribution in [3.05, 3.63) is 75.8 Å². The van der Waals surface area contributed by atoms with Gasteiger partial charge in [0, 0.05) is 48.5 Å². The van der Waals surface area contributed by atoms with Crippen LogP contribution in [-0.4, -0.2) is 69.1 Å². The maximum Gasteiger partial charge on any atom is 0.295 e. The molecule has 0 atom stereocenters. The SMILES string of the molecule is O=C(NCC(=O)N1CCN(c2cccc(Cl)c2)CC1)c1ccc(-n2cncn2)c([N+](=O)[O-])c1. The molecular formula is C21H20ClN7O4. The van der Waals surface area contributed by atoms with Crippen LogP contribution in [0.3, 0.4) is 0 Å². The molecule has 170 valence electrons. The molecule has 1 aliphatic heterocycles. The second kappa shape index (κ2) is 9.65. The van der Waals surface area contributed by atoms with Crippen molar-refractivity contribution in [3.8, 4) is 5.69 Å². The lowest BCUT2D eigenvalue weighted by Gasteiger charge is -2.36. The summed E-state index contributed by atoms with van der Waals surface area (Å²) in [6.45, 7) is 2.12. The topological polar surface area (TPSA) is 126 Å². The van der Waals surface area contributed by atoms with Crippen molar-refractivity contribution in [2.45, 2.75) is 0 Å². The molecule has 12 heteroatoms. The number of rotatable bonds is 6. The lowest BCUT2D eigenvalue weighted by molar-refractivity contribution is -0.384. The lowest BCUT2D eigenvalue weighted by Crippen LogP contribution is -2.51. The van der Waals surface area contributed by atoms with E-state index in [9.17, 15) is 19.7 Å². The summed E-state index contributed by atoms with van der Waals surface area (Å²) in [5, 5.41) is 18.5. The van der Waals surface area contributed by atoms with Gasteiger partial charge in [-0.1, -0.05) is 17.7 Å². The minimum Gasteiger partial charge on any atom is -0.368 e. The highest BCUT2D eigenvalue weighted by Crippen LogP contribution is 2.24. The predicted molar refractivity (Wildman–Crippen MR) is 121 cm³/mol. The quantitative estimate of drug-likeness (QED) is 0.431. The number of piperazine rings is 1. The minimum absolute atomic E-state index is 0.0733. The second-order valence-corrected chi connectivity index (χ2v) is 7.77. The number of carbonyl (C=O) groups excluding carboxylic acids is 2. The monoisotopic (exact) mass is 469 g/mol. The molecule has 3 aromatic rings. The Morgan fingerprint density at radius 1 is 1.12 bits per heavy atom. The highest BCUT2D eigenvalue weighted by atomic mass is 35.5. The molecule has 2 heterocycles. The molecule has 0 unspecified atom stereocenters. The molecule has 2 amide bonds. The number of nitrogens with zero attached hydrogens (tertiary/aromatic N) is 6. The van der Waals surface area contributed by atoms with Gasteiger partial charge in [0.25, 0.3) is 11.6 Å². The fraction of sp³-hybridized carbons (Fsp3) is 0.238. The van der Waals surface area contributed by atoms with Crippen molar-refractivity contribution >= 4 is 34.8 Å². The molecule has 0 bridgehead atoms. The zero-order valence-electron chi connectivity index (χ0n) is 17.4. The van der Waals surface area contributed by atoms with Crippen LogP contribution >= 0.6 is 11.6 Å². The van der Waals surface area contributed by atoms with E-state index in [1.807, 2.05) is 24.3 Å². The summed E-state index contributed by atoms with van der Waals surface area (Å²) in [6.07, 6.45) is 2.58. The van der Waals surface area contributed by atoms with E-state index < -0.39 is 10.8 Å². The van der Waals surface area contributed by atoms with E-state index in [2.05, 4.69) is 20.3 Å². The van der Waals surface area contributed by atoms with Crippen LogP contribution in [0.5, 0.6) is 0 Å². The smallest absolute Gasteiger partial charge is 0.295 e. The van der Waals surface area contributed by atoms with E-state index >= 15 is 0 Å². The second-order valence-electron chi connectivity index (χ2n) is 7.33. The van der Waals surface area contributed by atoms with Crippen molar-refractivity contribution in [2.75, 3.05) is 37.6 Å². The predicted octanol–water partition coefficient (Wildman–Crippen LogP) is 1.91. The van der Waals surface area contributed by atoms with Gasteiger partial charge in [-0.3, -0.25) is 19.7 Å². The molecular weight excluding hydrogens is 450 g/mol. The average molecular weight is 470 g/mol. The largest absolute Gasteiger partial charge is 0.368 e. The first-order valence-electron chi connectivity index (χ1n) is 10.1. The fourth-order valence-corrected chi connectivity index (χ4v) is 3.78. The van der Waals surface area contributed by atoms with Crippen molar-refractivity contribution in [1.82, 2.24) is 25.0 Å². The van der Waals surface area contributed by atoms with E-state index in [1.165, 1.54) is 29.5 Å². The van der Waals surface area contributed by atoms with Gasteiger partial charge in [-0.25, -0.2) is 9.67 Å². The van der Waals surface area contributed by atoms with Crippen molar-refractivity contribution in [2.24, 2.45) is 0 Å². The zero-order valence-corrected chi connectivity index (χ0v) is 18.2. The number of hydrogen-bond acceptors (Lipinski definition) is 7. The third-order valence-electron chi connectivity index (χ3n) is 5.31. The normalized spacial score (nSPS) is 13.6. The molecule has 1 aliphatic rings. The molecule has 0 radical (unpaired) electrons. The maximum absolute atomic E-state index is 12.6. The number of halogens is 1. The highest BCUT2D eigenvalue weighted by Gasteiger charge is 2.23. The summed E-state index contributed by atoms with van der Waals surface area (Å²) in [5.41, 5.74) is 0.960. The summed E-state index contributed by atoms with van der Waals surface area (Å²) in [4.78, 5) is 43.5. The number of carbonyl (C=O) groups is 2. The Morgan fingerprint density at radius 3 is 2.58 bits per heavy atom. The van der Waals surface area contributed by atoms with Crippen LogP contribution in [0, 0.1) is 10.1 Å². The summed E-state index contributed by atoms with van der Waals surface area (Å²) in [6, 6.07) is 11.5. The van der Waals surface area contributed by atoms with E-state index in [4.69, 9.17) is 11.6 Å². The number of amides is 2. The van der Waals surface area contributed by atoms with Crippen molar-refractivity contribution in [3.63, 3.8) is 0 Å². The van der Waals surface area contributed by atoms with Crippen molar-refractivity contribution < 1.29 is 14.5 Å². The van der Waals surface area contributed by atoms with E-state index in [1.54, 1.807) is 4.90 Å². The minimum atomic E-state index is -0.599. The molecule has 4 rings (SSSR count). The third kappa shape index (κ3) is 5.09. The van der Waals surface area contributed by atoms with Gasteiger partial charge in [0.15, 0.2) is 0 Å². The van der Waals surface area contributed by atoms with Crippen LogP contribution < -0.4 is 10.2 Å². The standard InChI is InChI=1S/C21H20ClN7O4/c22-16-2-1-3-17(11-16)26-6-8-27(9-7-26)20(30)12-24-21(31)15-4-5-18(19(10-15)29(32)33)28-14-23-13-25-28/h1-5,10-11,13-14H,6-9,12H2,(H,24,31). The zero-order chi connectivity index (χ0) is 23.4. The van der Waals surface area contributed by atoms with Gasteiger partial charge in [0.2, 0.25) is 5.91 Å². The average Bonchev–Trinajstić information content (AvgIpc) is 3.37. The van der Waals surface area contributed by atoms with E-state index in [-0.39, 0.29) is 29.4 Å². The molecule has 11 nitrogen and oxygen atoms in total. The Bertz CT molecular complexity index is 1180. The fourth-order valence-electron chi connectivity index (χ4n) is 3.59.